The number of nitriles is 1. The van der Waals surface area contributed by atoms with Gasteiger partial charge in [-0.25, -0.2) is 0 Å². The van der Waals surface area contributed by atoms with E-state index in [4.69, 9.17) is 9.47 Å². The normalized spacial score (nSPS) is 19.3. The fourth-order valence-corrected chi connectivity index (χ4v) is 5.20. The van der Waals surface area contributed by atoms with Crippen LogP contribution in [0, 0.1) is 11.3 Å². The number of ketones is 1. The first-order valence-corrected chi connectivity index (χ1v) is 12.1. The molecule has 2 atom stereocenters. The molecule has 1 N–H and O–H groups in total. The number of allylic oxidation sites excluding steroid dienone is 4. The van der Waals surface area contributed by atoms with Crippen molar-refractivity contribution in [2.75, 3.05) is 7.11 Å². The van der Waals surface area contributed by atoms with Crippen LogP contribution in [0.2, 0.25) is 0 Å². The van der Waals surface area contributed by atoms with Crippen molar-refractivity contribution in [3.63, 3.8) is 0 Å². The van der Waals surface area contributed by atoms with Crippen molar-refractivity contribution in [3.05, 3.63) is 118 Å². The zero-order chi connectivity index (χ0) is 25.1. The number of hydrogen-bond acceptors (Lipinski definition) is 5. The van der Waals surface area contributed by atoms with E-state index in [1.807, 2.05) is 73.7 Å². The molecule has 0 spiro atoms. The maximum absolute atomic E-state index is 13.6. The summed E-state index contributed by atoms with van der Waals surface area (Å²) in [6, 6.07) is 28.1. The Balaban J connectivity index is 1.49. The predicted octanol–water partition coefficient (Wildman–Crippen LogP) is 6.16. The fourth-order valence-electron chi connectivity index (χ4n) is 5.20. The molecule has 0 aromatic heterocycles. The molecule has 180 valence electrons. The molecule has 5 rings (SSSR count). The number of ether oxygens (including phenoxy) is 2. The third kappa shape index (κ3) is 4.50. The van der Waals surface area contributed by atoms with E-state index in [1.54, 1.807) is 7.11 Å². The van der Waals surface area contributed by atoms with Gasteiger partial charge in [-0.3, -0.25) is 4.79 Å². The van der Waals surface area contributed by atoms with Gasteiger partial charge in [0.05, 0.1) is 24.7 Å². The number of nitrogens with one attached hydrogen (secondary N) is 1. The summed E-state index contributed by atoms with van der Waals surface area (Å²) in [5.41, 5.74) is 5.99. The predicted molar refractivity (Wildman–Crippen MR) is 138 cm³/mol. The smallest absolute Gasteiger partial charge is 0.162 e. The minimum absolute atomic E-state index is 0.0752. The molecule has 0 bridgehead atoms. The van der Waals surface area contributed by atoms with Crippen molar-refractivity contribution >= 4 is 5.78 Å². The van der Waals surface area contributed by atoms with E-state index in [9.17, 15) is 10.1 Å². The first-order valence-electron chi connectivity index (χ1n) is 12.1. The van der Waals surface area contributed by atoms with Crippen molar-refractivity contribution in [2.24, 2.45) is 0 Å². The van der Waals surface area contributed by atoms with Gasteiger partial charge in [-0.15, -0.1) is 0 Å². The Morgan fingerprint density at radius 2 is 1.67 bits per heavy atom. The number of dihydropyridines is 1. The Morgan fingerprint density at radius 1 is 0.944 bits per heavy atom. The zero-order valence-electron chi connectivity index (χ0n) is 20.5. The molecule has 1 aliphatic heterocycles. The molecule has 0 saturated carbocycles. The second-order valence-corrected chi connectivity index (χ2v) is 9.22. The van der Waals surface area contributed by atoms with Crippen LogP contribution >= 0.6 is 0 Å². The third-order valence-electron chi connectivity index (χ3n) is 6.98. The largest absolute Gasteiger partial charge is 0.493 e. The minimum Gasteiger partial charge on any atom is -0.493 e. The number of Topliss-reactive ketones (excluding diaryl/α,β-unsaturated/α-hetero) is 1. The molecule has 5 nitrogen and oxygen atoms in total. The van der Waals surface area contributed by atoms with Gasteiger partial charge in [0.25, 0.3) is 0 Å². The van der Waals surface area contributed by atoms with Gasteiger partial charge in [-0.05, 0) is 48.1 Å². The Morgan fingerprint density at radius 3 is 2.36 bits per heavy atom. The number of rotatable bonds is 6. The average molecular weight is 477 g/mol. The van der Waals surface area contributed by atoms with Crippen LogP contribution in [0.15, 0.2) is 101 Å². The first-order chi connectivity index (χ1) is 17.6. The van der Waals surface area contributed by atoms with E-state index in [-0.39, 0.29) is 11.7 Å². The van der Waals surface area contributed by atoms with Gasteiger partial charge < -0.3 is 14.8 Å². The number of carbonyl (C=O) groups excluding carboxylic acids is 1. The quantitative estimate of drug-likeness (QED) is 0.461. The second-order valence-electron chi connectivity index (χ2n) is 9.22. The Bertz CT molecular complexity index is 1380. The lowest BCUT2D eigenvalue weighted by atomic mass is 9.72. The highest BCUT2D eigenvalue weighted by Crippen LogP contribution is 2.46. The molecular weight excluding hydrogens is 448 g/mol. The lowest BCUT2D eigenvalue weighted by Gasteiger charge is -2.35. The molecule has 1 heterocycles. The standard InChI is InChI=1S/C31H28N2O3/c1-20-25(18-32)30(31-26(33-20)15-24(16-27(31)34)22-11-7-4-8-12-22)23-13-14-28(29(17-23)35-2)36-19-21-9-5-3-6-10-21/h3-14,17,24,30,33H,15-16,19H2,1-2H3/t24-,30-/m1/s1. The van der Waals surface area contributed by atoms with Gasteiger partial charge in [-0.1, -0.05) is 66.7 Å². The van der Waals surface area contributed by atoms with E-state index in [0.29, 0.717) is 35.7 Å². The Kier molecular flexibility index (Phi) is 6.60. The molecule has 0 unspecified atom stereocenters. The summed E-state index contributed by atoms with van der Waals surface area (Å²) in [7, 11) is 1.60. The minimum atomic E-state index is -0.437. The van der Waals surface area contributed by atoms with Crippen molar-refractivity contribution < 1.29 is 14.3 Å². The van der Waals surface area contributed by atoms with E-state index in [1.165, 1.54) is 0 Å². The summed E-state index contributed by atoms with van der Waals surface area (Å²) in [6.07, 6.45) is 1.15. The van der Waals surface area contributed by atoms with Crippen molar-refractivity contribution in [2.45, 2.75) is 38.2 Å². The van der Waals surface area contributed by atoms with Gasteiger partial charge in [0.1, 0.15) is 6.61 Å². The molecule has 2 aliphatic rings. The van der Waals surface area contributed by atoms with Crippen LogP contribution < -0.4 is 14.8 Å². The van der Waals surface area contributed by atoms with E-state index >= 15 is 0 Å². The van der Waals surface area contributed by atoms with Crippen LogP contribution in [0.4, 0.5) is 0 Å². The zero-order valence-corrected chi connectivity index (χ0v) is 20.5. The summed E-state index contributed by atoms with van der Waals surface area (Å²) in [5, 5.41) is 13.4. The number of methoxy groups -OCH3 is 1. The van der Waals surface area contributed by atoms with Gasteiger partial charge in [0.2, 0.25) is 0 Å². The van der Waals surface area contributed by atoms with Crippen LogP contribution in [0.3, 0.4) is 0 Å². The highest BCUT2D eigenvalue weighted by atomic mass is 16.5. The average Bonchev–Trinajstić information content (AvgIpc) is 2.92. The first kappa shape index (κ1) is 23.4. The lowest BCUT2D eigenvalue weighted by molar-refractivity contribution is -0.116. The van der Waals surface area contributed by atoms with E-state index in [2.05, 4.69) is 23.5 Å². The van der Waals surface area contributed by atoms with Gasteiger partial charge in [0, 0.05) is 23.4 Å². The topological polar surface area (TPSA) is 71.3 Å². The van der Waals surface area contributed by atoms with Gasteiger partial charge in [0.15, 0.2) is 17.3 Å². The molecule has 0 radical (unpaired) electrons. The highest BCUT2D eigenvalue weighted by Gasteiger charge is 2.39. The number of hydrogen-bond donors (Lipinski definition) is 1. The Hall–Kier alpha value is -4.30. The van der Waals surface area contributed by atoms with Crippen LogP contribution in [0.5, 0.6) is 11.5 Å². The Labute approximate surface area is 211 Å². The van der Waals surface area contributed by atoms with Crippen LogP contribution in [-0.2, 0) is 11.4 Å². The van der Waals surface area contributed by atoms with Crippen LogP contribution in [-0.4, -0.2) is 12.9 Å². The molecule has 1 aliphatic carbocycles. The molecule has 0 saturated heterocycles. The number of nitrogens with zero attached hydrogens (tertiary/aromatic N) is 1. The van der Waals surface area contributed by atoms with E-state index < -0.39 is 5.92 Å². The van der Waals surface area contributed by atoms with Crippen molar-refractivity contribution in [1.29, 1.82) is 5.26 Å². The van der Waals surface area contributed by atoms with Crippen molar-refractivity contribution in [1.82, 2.24) is 5.32 Å². The summed E-state index contributed by atoms with van der Waals surface area (Å²) < 4.78 is 11.7. The molecule has 5 heteroatoms. The van der Waals surface area contributed by atoms with Crippen molar-refractivity contribution in [3.8, 4) is 17.6 Å². The summed E-state index contributed by atoms with van der Waals surface area (Å²) in [4.78, 5) is 13.6. The van der Waals surface area contributed by atoms with E-state index in [0.717, 1.165) is 34.5 Å². The lowest BCUT2D eigenvalue weighted by Crippen LogP contribution is -2.33. The molecular formula is C31H28N2O3. The maximum Gasteiger partial charge on any atom is 0.162 e. The van der Waals surface area contributed by atoms with Crippen LogP contribution in [0.25, 0.3) is 0 Å². The maximum atomic E-state index is 13.6. The molecule has 0 fully saturated rings. The fraction of sp³-hybridized carbons (Fsp3) is 0.226. The summed E-state index contributed by atoms with van der Waals surface area (Å²) in [5.74, 6) is 0.945. The SMILES string of the molecule is COc1cc([C@@H]2C(C#N)=C(C)NC3=C2C(=O)C[C@H](c2ccccc2)C3)ccc1OCc1ccccc1. The monoisotopic (exact) mass is 476 g/mol. The van der Waals surface area contributed by atoms with Crippen LogP contribution in [0.1, 0.15) is 48.3 Å². The third-order valence-corrected chi connectivity index (χ3v) is 6.98. The van der Waals surface area contributed by atoms with Gasteiger partial charge in [-0.2, -0.15) is 5.26 Å². The molecule has 3 aromatic carbocycles. The second kappa shape index (κ2) is 10.1. The molecule has 36 heavy (non-hydrogen) atoms. The summed E-state index contributed by atoms with van der Waals surface area (Å²) in [6.45, 7) is 2.32. The molecule has 0 amide bonds. The summed E-state index contributed by atoms with van der Waals surface area (Å²) >= 11 is 0. The highest BCUT2D eigenvalue weighted by molar-refractivity contribution is 6.00. The van der Waals surface area contributed by atoms with Gasteiger partial charge >= 0.3 is 0 Å². The number of carbonyl (C=O) groups is 1. The number of benzene rings is 3. The molecule has 3 aromatic rings.